The van der Waals surface area contributed by atoms with Crippen molar-refractivity contribution in [3.8, 4) is 12.1 Å². The van der Waals surface area contributed by atoms with Crippen LogP contribution in [0, 0.1) is 22.7 Å². The maximum atomic E-state index is 9.07. The second-order valence-electron chi connectivity index (χ2n) is 4.34. The monoisotopic (exact) mass is 236 g/mol. The maximum Gasteiger partial charge on any atom is 0.171 e. The average molecular weight is 236 g/mol. The van der Waals surface area contributed by atoms with E-state index in [-0.39, 0.29) is 12.2 Å². The molecule has 2 saturated heterocycles. The van der Waals surface area contributed by atoms with Crippen LogP contribution in [0.5, 0.6) is 0 Å². The van der Waals surface area contributed by atoms with Gasteiger partial charge in [0.25, 0.3) is 0 Å². The van der Waals surface area contributed by atoms with Crippen LogP contribution in [-0.4, -0.2) is 37.6 Å². The van der Waals surface area contributed by atoms with Crippen LogP contribution in [0.25, 0.3) is 0 Å². The quantitative estimate of drug-likeness (QED) is 0.731. The second kappa shape index (κ2) is 5.97. The summed E-state index contributed by atoms with van der Waals surface area (Å²) in [4.78, 5) is 0. The Hall–Kier alpha value is -1.14. The van der Waals surface area contributed by atoms with E-state index in [0.717, 1.165) is 25.7 Å². The van der Waals surface area contributed by atoms with Gasteiger partial charge in [0.1, 0.15) is 0 Å². The molecule has 0 amide bonds. The number of ether oxygens (including phenoxy) is 3. The van der Waals surface area contributed by atoms with Crippen molar-refractivity contribution in [2.24, 2.45) is 0 Å². The van der Waals surface area contributed by atoms with E-state index in [1.807, 2.05) is 0 Å². The number of nitriles is 2. The van der Waals surface area contributed by atoms with Crippen molar-refractivity contribution in [2.45, 2.75) is 50.1 Å². The van der Waals surface area contributed by atoms with Crippen molar-refractivity contribution >= 4 is 0 Å². The lowest BCUT2D eigenvalue weighted by Gasteiger charge is -2.22. The molecule has 2 aliphatic heterocycles. The van der Waals surface area contributed by atoms with E-state index in [9.17, 15) is 0 Å². The van der Waals surface area contributed by atoms with E-state index in [4.69, 9.17) is 24.7 Å². The third kappa shape index (κ3) is 2.95. The molecular weight excluding hydrogens is 220 g/mol. The van der Waals surface area contributed by atoms with Gasteiger partial charge in [0.2, 0.25) is 0 Å². The summed E-state index contributed by atoms with van der Waals surface area (Å²) in [5.41, 5.74) is 0. The molecular formula is C12H16N2O3. The van der Waals surface area contributed by atoms with Gasteiger partial charge in [0, 0.05) is 13.2 Å². The number of rotatable bonds is 4. The molecule has 0 aromatic carbocycles. The fraction of sp³-hybridized carbons (Fsp3) is 0.833. The summed E-state index contributed by atoms with van der Waals surface area (Å²) in [6.45, 7) is 1.34. The van der Waals surface area contributed by atoms with Crippen molar-refractivity contribution in [3.05, 3.63) is 0 Å². The minimum Gasteiger partial charge on any atom is -0.374 e. The Morgan fingerprint density at radius 2 is 1.41 bits per heavy atom. The summed E-state index contributed by atoms with van der Waals surface area (Å²) < 4.78 is 16.4. The van der Waals surface area contributed by atoms with Crippen molar-refractivity contribution in [1.29, 1.82) is 10.5 Å². The summed E-state index contributed by atoms with van der Waals surface area (Å²) >= 11 is 0. The predicted molar refractivity (Wildman–Crippen MR) is 57.8 cm³/mol. The van der Waals surface area contributed by atoms with E-state index in [2.05, 4.69) is 12.1 Å². The third-order valence-electron chi connectivity index (χ3n) is 3.15. The highest BCUT2D eigenvalue weighted by Gasteiger charge is 2.33. The Balaban J connectivity index is 1.91. The fourth-order valence-electron chi connectivity index (χ4n) is 2.24. The number of nitrogens with zero attached hydrogens (tertiary/aromatic N) is 2. The van der Waals surface area contributed by atoms with Crippen molar-refractivity contribution in [3.63, 3.8) is 0 Å². The molecule has 0 aromatic heterocycles. The molecule has 5 nitrogen and oxygen atoms in total. The zero-order chi connectivity index (χ0) is 12.1. The topological polar surface area (TPSA) is 75.3 Å². The second-order valence-corrected chi connectivity index (χ2v) is 4.34. The van der Waals surface area contributed by atoms with Gasteiger partial charge in [0.05, 0.1) is 24.3 Å². The van der Waals surface area contributed by atoms with Crippen LogP contribution in [0.2, 0.25) is 0 Å². The number of hydrogen-bond donors (Lipinski definition) is 0. The molecule has 2 aliphatic rings. The molecule has 17 heavy (non-hydrogen) atoms. The standard InChI is InChI=1S/C12H16N2O3/c13-7-11(9-3-1-5-15-9)17-12(8-14)10-4-2-6-16-10/h9-12H,1-6H2. The lowest BCUT2D eigenvalue weighted by molar-refractivity contribution is -0.0812. The highest BCUT2D eigenvalue weighted by Crippen LogP contribution is 2.23. The molecule has 0 spiro atoms. The molecule has 0 aliphatic carbocycles. The first kappa shape index (κ1) is 12.3. The van der Waals surface area contributed by atoms with Crippen LogP contribution in [0.3, 0.4) is 0 Å². The SMILES string of the molecule is N#CC(OC(C#N)C1CCCO1)C1CCCO1. The van der Waals surface area contributed by atoms with E-state index >= 15 is 0 Å². The molecule has 5 heteroatoms. The molecule has 0 aromatic rings. The minimum atomic E-state index is -0.661. The van der Waals surface area contributed by atoms with Gasteiger partial charge in [-0.1, -0.05) is 0 Å². The van der Waals surface area contributed by atoms with E-state index < -0.39 is 12.2 Å². The van der Waals surface area contributed by atoms with Gasteiger partial charge < -0.3 is 14.2 Å². The van der Waals surface area contributed by atoms with Crippen molar-refractivity contribution in [1.82, 2.24) is 0 Å². The van der Waals surface area contributed by atoms with Crippen molar-refractivity contribution < 1.29 is 14.2 Å². The molecule has 0 bridgehead atoms. The first-order valence-corrected chi connectivity index (χ1v) is 6.03. The molecule has 4 unspecified atom stereocenters. The summed E-state index contributed by atoms with van der Waals surface area (Å²) in [6, 6.07) is 4.16. The Morgan fingerprint density at radius 1 is 0.941 bits per heavy atom. The van der Waals surface area contributed by atoms with Crippen LogP contribution in [-0.2, 0) is 14.2 Å². The summed E-state index contributed by atoms with van der Waals surface area (Å²) in [5.74, 6) is 0. The Kier molecular flexibility index (Phi) is 4.33. The van der Waals surface area contributed by atoms with Crippen LogP contribution < -0.4 is 0 Å². The first-order chi connectivity index (χ1) is 8.35. The largest absolute Gasteiger partial charge is 0.374 e. The zero-order valence-corrected chi connectivity index (χ0v) is 9.67. The van der Waals surface area contributed by atoms with E-state index in [0.29, 0.717) is 13.2 Å². The smallest absolute Gasteiger partial charge is 0.171 e. The Morgan fingerprint density at radius 3 is 1.71 bits per heavy atom. The molecule has 2 heterocycles. The molecule has 0 radical (unpaired) electrons. The maximum absolute atomic E-state index is 9.07. The molecule has 0 saturated carbocycles. The van der Waals surface area contributed by atoms with Gasteiger partial charge in [-0.3, -0.25) is 0 Å². The summed E-state index contributed by atoms with van der Waals surface area (Å²) in [5, 5.41) is 18.1. The van der Waals surface area contributed by atoms with Gasteiger partial charge in [0.15, 0.2) is 12.2 Å². The van der Waals surface area contributed by atoms with Crippen LogP contribution in [0.1, 0.15) is 25.7 Å². The van der Waals surface area contributed by atoms with Crippen LogP contribution in [0.15, 0.2) is 0 Å². The first-order valence-electron chi connectivity index (χ1n) is 6.03. The number of hydrogen-bond acceptors (Lipinski definition) is 5. The molecule has 92 valence electrons. The highest BCUT2D eigenvalue weighted by molar-refractivity contribution is 4.99. The summed E-state index contributed by atoms with van der Waals surface area (Å²) in [7, 11) is 0. The normalized spacial score (nSPS) is 31.6. The molecule has 2 rings (SSSR count). The van der Waals surface area contributed by atoms with Crippen LogP contribution >= 0.6 is 0 Å². The minimum absolute atomic E-state index is 0.197. The fourth-order valence-corrected chi connectivity index (χ4v) is 2.24. The average Bonchev–Trinajstić information content (AvgIpc) is 3.03. The molecule has 2 fully saturated rings. The Bertz CT molecular complexity index is 290. The van der Waals surface area contributed by atoms with Gasteiger partial charge in [-0.2, -0.15) is 10.5 Å². The van der Waals surface area contributed by atoms with Gasteiger partial charge >= 0.3 is 0 Å². The summed E-state index contributed by atoms with van der Waals surface area (Å²) in [6.07, 6.45) is 1.82. The van der Waals surface area contributed by atoms with E-state index in [1.165, 1.54) is 0 Å². The van der Waals surface area contributed by atoms with Gasteiger partial charge in [-0.25, -0.2) is 0 Å². The Labute approximate surface area is 101 Å². The van der Waals surface area contributed by atoms with Crippen LogP contribution in [0.4, 0.5) is 0 Å². The highest BCUT2D eigenvalue weighted by atomic mass is 16.6. The predicted octanol–water partition coefficient (Wildman–Crippen LogP) is 1.15. The lowest BCUT2D eigenvalue weighted by atomic mass is 10.1. The lowest BCUT2D eigenvalue weighted by Crippen LogP contribution is -2.36. The zero-order valence-electron chi connectivity index (χ0n) is 9.67. The van der Waals surface area contributed by atoms with Crippen molar-refractivity contribution in [2.75, 3.05) is 13.2 Å². The van der Waals surface area contributed by atoms with E-state index in [1.54, 1.807) is 0 Å². The molecule has 0 N–H and O–H groups in total. The van der Waals surface area contributed by atoms with Gasteiger partial charge in [-0.15, -0.1) is 0 Å². The molecule has 4 atom stereocenters. The third-order valence-corrected chi connectivity index (χ3v) is 3.15. The van der Waals surface area contributed by atoms with Gasteiger partial charge in [-0.05, 0) is 25.7 Å².